The molecule has 10 rings (SSSR count). The highest BCUT2D eigenvalue weighted by Crippen LogP contribution is 2.50. The van der Waals surface area contributed by atoms with E-state index in [9.17, 15) is 62.8 Å². The third-order valence-corrected chi connectivity index (χ3v) is 18.3. The lowest BCUT2D eigenvalue weighted by molar-refractivity contribution is -0.151. The minimum Gasteiger partial charge on any atom is -0.444 e. The molecule has 6 aromatic carbocycles. The molecule has 28 heteroatoms. The molecule has 10 N–H and O–H groups in total. The summed E-state index contributed by atoms with van der Waals surface area (Å²) in [5.41, 5.74) is 7.88. The lowest BCUT2D eigenvalue weighted by Gasteiger charge is -2.39. The van der Waals surface area contributed by atoms with Crippen molar-refractivity contribution in [3.8, 4) is 11.5 Å². The fraction of sp³-hybridized carbons (Fsp3) is 0.299. The second kappa shape index (κ2) is 30.2. The molecule has 0 bridgehead atoms. The monoisotopic (exact) mass is 1360 g/mol. The Labute approximate surface area is 554 Å². The Morgan fingerprint density at radius 1 is 0.695 bits per heavy atom. The van der Waals surface area contributed by atoms with Gasteiger partial charge >= 0.3 is 19.9 Å². The lowest BCUT2D eigenvalue weighted by atomic mass is 9.67. The zero-order valence-electron chi connectivity index (χ0n) is 51.1. The highest BCUT2D eigenvalue weighted by atomic mass is 35.5. The number of phosphoric acid groups is 1. The number of carbonyl (C=O) groups excluding carboxylic acids is 9. The molecule has 10 amide bonds. The van der Waals surface area contributed by atoms with Gasteiger partial charge in [-0.25, -0.2) is 19.4 Å². The first kappa shape index (κ1) is 68.2. The number of halogens is 2. The van der Waals surface area contributed by atoms with Crippen LogP contribution >= 0.6 is 31.0 Å². The number of amides is 10. The molecule has 95 heavy (non-hydrogen) atoms. The number of fused-ring (bicyclic) bond motifs is 6. The summed E-state index contributed by atoms with van der Waals surface area (Å²) in [5.74, 6) is -3.73. The van der Waals surface area contributed by atoms with E-state index in [1.54, 1.807) is 84.9 Å². The summed E-state index contributed by atoms with van der Waals surface area (Å²) < 4.78 is 22.9. The van der Waals surface area contributed by atoms with Crippen molar-refractivity contribution in [2.75, 3.05) is 64.9 Å². The molecule has 3 aliphatic heterocycles. The number of ether oxygens (including phenoxy) is 1. The molecule has 3 atom stereocenters. The van der Waals surface area contributed by atoms with Gasteiger partial charge in [-0.1, -0.05) is 79.2 Å². The first-order valence-corrected chi connectivity index (χ1v) is 33.2. The number of nitrogens with one attached hydrogen (secondary N) is 5. The number of nitrogens with two attached hydrogens (primary N) is 1. The minimum absolute atomic E-state index is 0.0588. The predicted molar refractivity (Wildman–Crippen MR) is 357 cm³/mol. The Hall–Kier alpha value is -9.62. The van der Waals surface area contributed by atoms with E-state index in [-0.39, 0.29) is 118 Å². The summed E-state index contributed by atoms with van der Waals surface area (Å²) in [7, 11) is -5.04. The Morgan fingerprint density at radius 3 is 1.86 bits per heavy atom. The van der Waals surface area contributed by atoms with Crippen LogP contribution in [0, 0.1) is 5.41 Å². The van der Waals surface area contributed by atoms with Crippen molar-refractivity contribution in [3.63, 3.8) is 0 Å². The highest BCUT2D eigenvalue weighted by molar-refractivity contribution is 7.46. The number of phosphoric ester groups is 1. The fourth-order valence-corrected chi connectivity index (χ4v) is 13.1. The minimum atomic E-state index is -5.04. The van der Waals surface area contributed by atoms with Crippen molar-refractivity contribution in [1.29, 1.82) is 0 Å². The molecule has 0 radical (unpaired) electrons. The molecule has 0 aromatic heterocycles. The van der Waals surface area contributed by atoms with Gasteiger partial charge in [0, 0.05) is 109 Å². The third-order valence-electron chi connectivity index (χ3n) is 17.1. The fourth-order valence-electron chi connectivity index (χ4n) is 12.2. The average molecular weight is 1360 g/mol. The van der Waals surface area contributed by atoms with E-state index in [2.05, 4.69) is 26.6 Å². The van der Waals surface area contributed by atoms with E-state index in [1.165, 1.54) is 52.3 Å². The summed E-state index contributed by atoms with van der Waals surface area (Å²) in [6, 6.07) is 26.3. The number of carbonyl (C=O) groups is 9. The van der Waals surface area contributed by atoms with E-state index in [1.807, 2.05) is 12.1 Å². The van der Waals surface area contributed by atoms with Gasteiger partial charge in [-0.3, -0.25) is 53.6 Å². The van der Waals surface area contributed by atoms with Crippen LogP contribution < -0.4 is 51.5 Å². The van der Waals surface area contributed by atoms with Crippen molar-refractivity contribution >= 4 is 141 Å². The molecule has 0 spiro atoms. The van der Waals surface area contributed by atoms with Crippen LogP contribution in [-0.4, -0.2) is 124 Å². The van der Waals surface area contributed by atoms with E-state index >= 15 is 0 Å². The number of primary amides is 1. The maximum absolute atomic E-state index is 14.3. The van der Waals surface area contributed by atoms with Crippen LogP contribution in [-0.2, 0) is 49.5 Å². The molecule has 0 saturated heterocycles. The van der Waals surface area contributed by atoms with Gasteiger partial charge in [0.25, 0.3) is 23.6 Å². The quantitative estimate of drug-likeness (QED) is 0.00339. The molecule has 1 saturated carbocycles. The maximum atomic E-state index is 14.3. The van der Waals surface area contributed by atoms with Gasteiger partial charge in [-0.05, 0) is 114 Å². The molecule has 1 aliphatic carbocycles. The van der Waals surface area contributed by atoms with Crippen molar-refractivity contribution < 1.29 is 76.9 Å². The number of nitrogens with zero attached hydrogens (tertiary/aromatic N) is 3. The topological polar surface area (TPSA) is 355 Å². The molecule has 0 unspecified atom stereocenters. The summed E-state index contributed by atoms with van der Waals surface area (Å²) in [5, 5.41) is 25.8. The van der Waals surface area contributed by atoms with Crippen LogP contribution in [0.4, 0.5) is 32.3 Å². The smallest absolute Gasteiger partial charge is 0.444 e. The molecular formula is C67H68Cl2N9O16P. The first-order valence-electron chi connectivity index (χ1n) is 30.6. The highest BCUT2D eigenvalue weighted by Gasteiger charge is 2.51. The summed E-state index contributed by atoms with van der Waals surface area (Å²) >= 11 is 13.0. The summed E-state index contributed by atoms with van der Waals surface area (Å²) in [6.07, 6.45) is 10.2. The zero-order chi connectivity index (χ0) is 67.6. The summed E-state index contributed by atoms with van der Waals surface area (Å²) in [6.45, 7) is 0.672. The first-order chi connectivity index (χ1) is 45.7. The van der Waals surface area contributed by atoms with Crippen LogP contribution in [0.2, 0.25) is 0 Å². The van der Waals surface area contributed by atoms with Crippen LogP contribution in [0.25, 0.3) is 33.7 Å². The molecular weight excluding hydrogens is 1290 g/mol. The molecule has 1 fully saturated rings. The second-order valence-electron chi connectivity index (χ2n) is 23.3. The van der Waals surface area contributed by atoms with E-state index in [4.69, 9.17) is 43.1 Å². The molecule has 3 heterocycles. The Kier molecular flexibility index (Phi) is 21.7. The number of alkyl halides is 2. The lowest BCUT2D eigenvalue weighted by Crippen LogP contribution is -2.58. The Balaban J connectivity index is 0.824. The molecule has 25 nitrogen and oxygen atoms in total. The largest absolute Gasteiger partial charge is 0.524 e. The zero-order valence-corrected chi connectivity index (χ0v) is 53.5. The third kappa shape index (κ3) is 15.8. The van der Waals surface area contributed by atoms with Crippen LogP contribution in [0.1, 0.15) is 91.0 Å². The average Bonchev–Trinajstić information content (AvgIpc) is 1.58. The van der Waals surface area contributed by atoms with Crippen molar-refractivity contribution in [2.45, 2.75) is 75.9 Å². The number of benzene rings is 6. The number of anilines is 4. The predicted octanol–water partition coefficient (Wildman–Crippen LogP) is 9.08. The van der Waals surface area contributed by atoms with Gasteiger partial charge in [-0.15, -0.1) is 23.2 Å². The van der Waals surface area contributed by atoms with Crippen LogP contribution in [0.3, 0.4) is 0 Å². The van der Waals surface area contributed by atoms with Crippen molar-refractivity contribution in [3.05, 3.63) is 155 Å². The molecule has 496 valence electrons. The van der Waals surface area contributed by atoms with E-state index in [0.717, 1.165) is 15.8 Å². The Bertz CT molecular complexity index is 4140. The van der Waals surface area contributed by atoms with Gasteiger partial charge in [0.05, 0.1) is 17.1 Å². The number of rotatable bonds is 27. The van der Waals surface area contributed by atoms with Gasteiger partial charge in [0.1, 0.15) is 23.8 Å². The normalized spacial score (nSPS) is 16.6. The van der Waals surface area contributed by atoms with Gasteiger partial charge < -0.3 is 50.9 Å². The second-order valence-corrected chi connectivity index (χ2v) is 25.0. The molecule has 4 aliphatic rings. The molecule has 6 aromatic rings. The number of unbranched alkanes of at least 4 members (excludes halogenated alkanes) is 2. The van der Waals surface area contributed by atoms with Crippen LogP contribution in [0.15, 0.2) is 127 Å². The Morgan fingerprint density at radius 2 is 1.28 bits per heavy atom. The van der Waals surface area contributed by atoms with Gasteiger partial charge in [0.2, 0.25) is 17.7 Å². The maximum Gasteiger partial charge on any atom is 0.524 e. The number of hydrogen-bond acceptors (Lipinski definition) is 14. The van der Waals surface area contributed by atoms with Crippen molar-refractivity contribution in [2.24, 2.45) is 11.1 Å². The number of hydrogen-bond donors (Lipinski definition) is 9. The van der Waals surface area contributed by atoms with E-state index < -0.39 is 60.9 Å². The van der Waals surface area contributed by atoms with Gasteiger partial charge in [0.15, 0.2) is 5.75 Å². The number of imide groups is 1. The standard InChI is InChI=1S/C67H68Cl2N9O16P/c68-35-43-37-77(52-33-54(93-88)46-10-2-4-12-48(46)60(43)52)58(81)23-18-40-15-19-42(20-24-59(82)78-38-44(36-69)61-49-13-5-3-11-47(49)55(34-53(61)78)94-95(89,90)91)51(32-40)75-66(87)92-39-41-16-21-45(22-17-41)73-62(83)50(14-8-30-72-65(70)86)74-64(85)67(27-9-28-67)63(84)71-29-6-1-7-31-76-56(79)25-26-57(76)80/h2-5,10-13,15-26,32-34,43-44,50,88H,1,6-9,14,27-31,35-39H2,(H,71,84)(H,73,83)(H,74,85)(H,75,87)(H3,70,72,86)(H2,89,90,91)/b23-18+,24-20+/t43-,44-,50+/m1/s1. The van der Waals surface area contributed by atoms with E-state index in [0.29, 0.717) is 81.2 Å². The van der Waals surface area contributed by atoms with Crippen molar-refractivity contribution in [1.82, 2.24) is 20.9 Å². The van der Waals surface area contributed by atoms with Crippen LogP contribution in [0.5, 0.6) is 11.5 Å². The number of urea groups is 1. The SMILES string of the molecule is NC(=O)NCCC[C@H](NC(=O)C1(C(=O)NCCCCCN2C(=O)C=CC2=O)CCC1)C(=O)Nc1ccc(COC(=O)Nc2cc(/C=C/C(=O)N3C[C@@H](CCl)c4c3cc(OO)c3ccccc43)ccc2/C=C/C(=O)N2C[C@@H](CCl)c3c2cc(OP(=O)(O)O)c2ccccc32)cc1. The van der Waals surface area contributed by atoms with Gasteiger partial charge in [-0.2, -0.15) is 0 Å². The summed E-state index contributed by atoms with van der Waals surface area (Å²) in [4.78, 5) is 147.